The summed E-state index contributed by atoms with van der Waals surface area (Å²) in [5.74, 6) is 0.721. The zero-order chi connectivity index (χ0) is 17.6. The Labute approximate surface area is 146 Å². The fraction of sp³-hybridized carbons (Fsp3) is 0.400. The first-order chi connectivity index (χ1) is 11.9. The van der Waals surface area contributed by atoms with E-state index in [0.717, 1.165) is 6.42 Å². The first-order valence-electron chi connectivity index (χ1n) is 8.65. The number of carboxylic acids is 1. The van der Waals surface area contributed by atoms with Crippen molar-refractivity contribution in [3.8, 4) is 17.2 Å². The van der Waals surface area contributed by atoms with Crippen molar-refractivity contribution in [3.63, 3.8) is 0 Å². The molecule has 130 valence electrons. The fourth-order valence-corrected chi connectivity index (χ4v) is 3.21. The van der Waals surface area contributed by atoms with Crippen molar-refractivity contribution >= 4 is 5.97 Å². The summed E-state index contributed by atoms with van der Waals surface area (Å²) >= 11 is 0. The van der Waals surface area contributed by atoms with Gasteiger partial charge in [0, 0.05) is 0 Å². The first kappa shape index (κ1) is 15.9. The van der Waals surface area contributed by atoms with Crippen molar-refractivity contribution in [1.29, 1.82) is 0 Å². The number of nitrogens with zero attached hydrogens (tertiary/aromatic N) is 1. The van der Waals surface area contributed by atoms with Crippen LogP contribution in [0.25, 0.3) is 0 Å². The average molecular weight is 339 g/mol. The molecule has 1 fully saturated rings. The van der Waals surface area contributed by atoms with Crippen molar-refractivity contribution < 1.29 is 19.4 Å². The second kappa shape index (κ2) is 5.76. The maximum absolute atomic E-state index is 11.9. The van der Waals surface area contributed by atoms with Gasteiger partial charge in [-0.25, -0.2) is 4.79 Å². The number of aromatic carboxylic acids is 1. The molecule has 2 aliphatic rings. The Bertz CT molecular complexity index is 840. The van der Waals surface area contributed by atoms with Gasteiger partial charge in [-0.1, -0.05) is 12.1 Å². The molecule has 0 atom stereocenters. The van der Waals surface area contributed by atoms with Crippen LogP contribution in [0.15, 0.2) is 30.5 Å². The van der Waals surface area contributed by atoms with E-state index in [0.29, 0.717) is 29.5 Å². The Morgan fingerprint density at radius 1 is 1.36 bits per heavy atom. The molecular formula is C20H21NO4. The van der Waals surface area contributed by atoms with E-state index in [9.17, 15) is 9.90 Å². The molecule has 0 unspecified atom stereocenters. The summed E-state index contributed by atoms with van der Waals surface area (Å²) < 4.78 is 11.8. The smallest absolute Gasteiger partial charge is 0.343 e. The standard InChI is InChI=1S/C20H21NO4/c1-20(2)9-8-15-18(25-20)17(19(22)23)16(11-21-15)24-14-5-3-4-13(10-14)12-6-7-12/h3-5,10-12H,6-9H2,1-2H3,(H,22,23). The summed E-state index contributed by atoms with van der Waals surface area (Å²) in [6, 6.07) is 7.84. The van der Waals surface area contributed by atoms with Crippen LogP contribution in [0.4, 0.5) is 0 Å². The van der Waals surface area contributed by atoms with Gasteiger partial charge in [0.25, 0.3) is 0 Å². The molecule has 1 aliphatic heterocycles. The average Bonchev–Trinajstić information content (AvgIpc) is 3.38. The summed E-state index contributed by atoms with van der Waals surface area (Å²) in [7, 11) is 0. The lowest BCUT2D eigenvalue weighted by Crippen LogP contribution is -2.34. The zero-order valence-electron chi connectivity index (χ0n) is 14.4. The van der Waals surface area contributed by atoms with Gasteiger partial charge < -0.3 is 14.6 Å². The lowest BCUT2D eigenvalue weighted by Gasteiger charge is -2.33. The molecule has 0 spiro atoms. The number of fused-ring (bicyclic) bond motifs is 1. The van der Waals surface area contributed by atoms with E-state index >= 15 is 0 Å². The Hall–Kier alpha value is -2.56. The van der Waals surface area contributed by atoms with E-state index in [1.807, 2.05) is 32.0 Å². The van der Waals surface area contributed by atoms with Crippen LogP contribution in [0.1, 0.15) is 60.6 Å². The quantitative estimate of drug-likeness (QED) is 0.885. The minimum Gasteiger partial charge on any atom is -0.485 e. The van der Waals surface area contributed by atoms with Gasteiger partial charge >= 0.3 is 5.97 Å². The summed E-state index contributed by atoms with van der Waals surface area (Å²) in [6.07, 6.45) is 5.39. The Morgan fingerprint density at radius 2 is 2.16 bits per heavy atom. The van der Waals surface area contributed by atoms with Gasteiger partial charge in [0.05, 0.1) is 11.9 Å². The lowest BCUT2D eigenvalue weighted by molar-refractivity contribution is 0.0635. The second-order valence-corrected chi connectivity index (χ2v) is 7.39. The number of hydrogen-bond acceptors (Lipinski definition) is 4. The number of pyridine rings is 1. The summed E-state index contributed by atoms with van der Waals surface area (Å²) in [5, 5.41) is 9.73. The highest BCUT2D eigenvalue weighted by Crippen LogP contribution is 2.43. The zero-order valence-corrected chi connectivity index (χ0v) is 14.4. The molecule has 0 radical (unpaired) electrons. The van der Waals surface area contributed by atoms with Crippen LogP contribution in [0.3, 0.4) is 0 Å². The molecule has 25 heavy (non-hydrogen) atoms. The van der Waals surface area contributed by atoms with Crippen LogP contribution in [-0.4, -0.2) is 21.7 Å². The van der Waals surface area contributed by atoms with Gasteiger partial charge in [-0.2, -0.15) is 0 Å². The van der Waals surface area contributed by atoms with Crippen LogP contribution in [0.2, 0.25) is 0 Å². The highest BCUT2D eigenvalue weighted by Gasteiger charge is 2.33. The number of hydrogen-bond donors (Lipinski definition) is 1. The molecule has 0 amide bonds. The summed E-state index contributed by atoms with van der Waals surface area (Å²) in [6.45, 7) is 3.91. The van der Waals surface area contributed by atoms with E-state index in [2.05, 4.69) is 11.1 Å². The van der Waals surface area contributed by atoms with Crippen molar-refractivity contribution in [1.82, 2.24) is 4.98 Å². The molecule has 1 N–H and O–H groups in total. The van der Waals surface area contributed by atoms with Gasteiger partial charge in [0.1, 0.15) is 16.9 Å². The predicted octanol–water partition coefficient (Wildman–Crippen LogP) is 4.55. The van der Waals surface area contributed by atoms with Gasteiger partial charge in [-0.05, 0) is 63.1 Å². The molecule has 4 rings (SSSR count). The second-order valence-electron chi connectivity index (χ2n) is 7.39. The molecular weight excluding hydrogens is 318 g/mol. The minimum atomic E-state index is -1.07. The van der Waals surface area contributed by atoms with Crippen LogP contribution in [0, 0.1) is 0 Å². The fourth-order valence-electron chi connectivity index (χ4n) is 3.21. The van der Waals surface area contributed by atoms with E-state index in [4.69, 9.17) is 9.47 Å². The third-order valence-electron chi connectivity index (χ3n) is 4.76. The number of rotatable bonds is 4. The van der Waals surface area contributed by atoms with Crippen LogP contribution >= 0.6 is 0 Å². The normalized spacial score (nSPS) is 18.2. The number of aromatic nitrogens is 1. The van der Waals surface area contributed by atoms with E-state index in [1.54, 1.807) is 0 Å². The number of ether oxygens (including phenoxy) is 2. The van der Waals surface area contributed by atoms with Gasteiger partial charge in [-0.3, -0.25) is 4.98 Å². The Balaban J connectivity index is 1.72. The van der Waals surface area contributed by atoms with E-state index < -0.39 is 11.6 Å². The molecule has 1 aliphatic carbocycles. The molecule has 2 heterocycles. The Kier molecular flexibility index (Phi) is 3.67. The molecule has 5 nitrogen and oxygen atoms in total. The summed E-state index contributed by atoms with van der Waals surface area (Å²) in [5.41, 5.74) is 1.55. The molecule has 5 heteroatoms. The van der Waals surface area contributed by atoms with Gasteiger partial charge in [-0.15, -0.1) is 0 Å². The van der Waals surface area contributed by atoms with Crippen molar-refractivity contribution in [2.24, 2.45) is 0 Å². The number of benzene rings is 1. The first-order valence-corrected chi connectivity index (χ1v) is 8.65. The van der Waals surface area contributed by atoms with E-state index in [-0.39, 0.29) is 11.3 Å². The molecule has 1 aromatic carbocycles. The van der Waals surface area contributed by atoms with Crippen molar-refractivity contribution in [2.45, 2.75) is 51.0 Å². The van der Waals surface area contributed by atoms with Crippen LogP contribution in [-0.2, 0) is 6.42 Å². The number of carbonyl (C=O) groups is 1. The molecule has 1 saturated carbocycles. The van der Waals surface area contributed by atoms with Crippen LogP contribution < -0.4 is 9.47 Å². The lowest BCUT2D eigenvalue weighted by atomic mass is 9.95. The van der Waals surface area contributed by atoms with Gasteiger partial charge in [0.2, 0.25) is 0 Å². The summed E-state index contributed by atoms with van der Waals surface area (Å²) in [4.78, 5) is 16.3. The maximum Gasteiger partial charge on any atom is 0.343 e. The Morgan fingerprint density at radius 3 is 2.88 bits per heavy atom. The number of carboxylic acid groups (broad SMARTS) is 1. The topological polar surface area (TPSA) is 68.7 Å². The molecule has 2 aromatic rings. The molecule has 0 saturated heterocycles. The molecule has 0 bridgehead atoms. The SMILES string of the molecule is CC1(C)CCc2ncc(Oc3cccc(C4CC4)c3)c(C(=O)O)c2O1. The maximum atomic E-state index is 11.9. The largest absolute Gasteiger partial charge is 0.485 e. The van der Waals surface area contributed by atoms with Gasteiger partial charge in [0.15, 0.2) is 11.5 Å². The number of aryl methyl sites for hydroxylation is 1. The third kappa shape index (κ3) is 3.18. The van der Waals surface area contributed by atoms with Crippen molar-refractivity contribution in [3.05, 3.63) is 47.3 Å². The van der Waals surface area contributed by atoms with E-state index in [1.165, 1.54) is 24.6 Å². The predicted molar refractivity (Wildman–Crippen MR) is 92.7 cm³/mol. The highest BCUT2D eigenvalue weighted by atomic mass is 16.5. The highest BCUT2D eigenvalue weighted by molar-refractivity contribution is 5.94. The monoisotopic (exact) mass is 339 g/mol. The molecule has 1 aromatic heterocycles. The minimum absolute atomic E-state index is 0.0506. The van der Waals surface area contributed by atoms with Crippen molar-refractivity contribution in [2.75, 3.05) is 0 Å². The third-order valence-corrected chi connectivity index (χ3v) is 4.76. The van der Waals surface area contributed by atoms with Crippen LogP contribution in [0.5, 0.6) is 17.2 Å².